The normalized spacial score (nSPS) is 14.7. The molecule has 0 N–H and O–H groups in total. The highest BCUT2D eigenvalue weighted by molar-refractivity contribution is 7.64. The number of allylic oxidation sites excluding steroid dienone is 1. The quantitative estimate of drug-likeness (QED) is 0.168. The van der Waals surface area contributed by atoms with E-state index in [4.69, 9.17) is 0 Å². The molecule has 49 heavy (non-hydrogen) atoms. The lowest BCUT2D eigenvalue weighted by Crippen LogP contribution is -2.14. The maximum atomic E-state index is 2.53. The summed E-state index contributed by atoms with van der Waals surface area (Å²) in [5, 5.41) is 11.2. The van der Waals surface area contributed by atoms with E-state index >= 15 is 0 Å². The Labute approximate surface area is 289 Å². The standard InChI is InChI=1S/C48H37P/c1-30-21-24-38-41(27-30)47(31-22-25-43-39(28-31)34-15-9-11-19-42(34)48(43,2)3)37-18-8-7-17-36(37)46(38)32-23-26-45-40(29-32)35-16-10-12-20-44(35)49(45)33-13-5-4-6-14-33/h4-9,11-15,17-29H,10,16H2,1-3H3. The highest BCUT2D eigenvalue weighted by Gasteiger charge is 2.35. The van der Waals surface area contributed by atoms with E-state index in [-0.39, 0.29) is 5.41 Å². The minimum atomic E-state index is -0.539. The predicted octanol–water partition coefficient (Wildman–Crippen LogP) is 14.0. The summed E-state index contributed by atoms with van der Waals surface area (Å²) in [4.78, 5) is 0. The predicted molar refractivity (Wildman–Crippen MR) is 214 cm³/mol. The molecule has 234 valence electrons. The highest BCUT2D eigenvalue weighted by atomic mass is 31.1. The average Bonchev–Trinajstić information content (AvgIpc) is 3.59. The fourth-order valence-corrected chi connectivity index (χ4v) is 11.7. The van der Waals surface area contributed by atoms with Gasteiger partial charge in [0.2, 0.25) is 0 Å². The summed E-state index contributed by atoms with van der Waals surface area (Å²) in [6.45, 7) is 6.96. The molecule has 2 aliphatic rings. The number of aryl methyl sites for hydroxylation is 2. The first-order valence-electron chi connectivity index (χ1n) is 17.6. The van der Waals surface area contributed by atoms with Crippen LogP contribution < -0.4 is 0 Å². The Morgan fingerprint density at radius 1 is 0.551 bits per heavy atom. The van der Waals surface area contributed by atoms with E-state index in [0.29, 0.717) is 0 Å². The van der Waals surface area contributed by atoms with Crippen LogP contribution in [0.4, 0.5) is 0 Å². The summed E-state index contributed by atoms with van der Waals surface area (Å²) in [5.41, 5.74) is 13.7. The Balaban J connectivity index is 1.25. The van der Waals surface area contributed by atoms with Gasteiger partial charge in [0, 0.05) is 15.8 Å². The van der Waals surface area contributed by atoms with Crippen molar-refractivity contribution in [2.75, 3.05) is 0 Å². The van der Waals surface area contributed by atoms with Crippen LogP contribution in [-0.4, -0.2) is 0 Å². The van der Waals surface area contributed by atoms with Gasteiger partial charge in [-0.05, 0) is 120 Å². The van der Waals surface area contributed by atoms with Crippen LogP contribution in [0.3, 0.4) is 0 Å². The second kappa shape index (κ2) is 10.7. The molecular weight excluding hydrogens is 608 g/mol. The summed E-state index contributed by atoms with van der Waals surface area (Å²) in [6.07, 6.45) is 7.04. The average molecular weight is 645 g/mol. The SMILES string of the molecule is Cc1ccc2c(-c3ccc4c(c3)c3c(p4-c4ccccc4)C=CCC3)c3ccccc3c(-c3ccc4c(c3)-c3ccccc3C4(C)C)c2c1. The number of benzene rings is 7. The molecule has 1 atom stereocenters. The molecule has 0 spiro atoms. The van der Waals surface area contributed by atoms with Crippen molar-refractivity contribution in [3.8, 4) is 38.7 Å². The van der Waals surface area contributed by atoms with Crippen molar-refractivity contribution >= 4 is 45.7 Å². The van der Waals surface area contributed by atoms with Gasteiger partial charge in [0.05, 0.1) is 0 Å². The van der Waals surface area contributed by atoms with E-state index in [0.717, 1.165) is 12.8 Å². The molecule has 0 saturated carbocycles. The number of fused-ring (bicyclic) bond motifs is 8. The number of hydrogen-bond acceptors (Lipinski definition) is 0. The van der Waals surface area contributed by atoms with Crippen LogP contribution in [0.25, 0.3) is 76.8 Å². The summed E-state index contributed by atoms with van der Waals surface area (Å²) < 4.78 is 0. The van der Waals surface area contributed by atoms with Crippen molar-refractivity contribution in [1.82, 2.24) is 0 Å². The topological polar surface area (TPSA) is 0 Å². The zero-order valence-electron chi connectivity index (χ0n) is 28.2. The van der Waals surface area contributed by atoms with E-state index in [1.165, 1.54) is 87.4 Å². The first-order chi connectivity index (χ1) is 24.0. The van der Waals surface area contributed by atoms with Crippen LogP contribution in [0.2, 0.25) is 0 Å². The van der Waals surface area contributed by atoms with Crippen LogP contribution in [0.15, 0.2) is 140 Å². The first-order valence-corrected chi connectivity index (χ1v) is 18.9. The highest BCUT2D eigenvalue weighted by Crippen LogP contribution is 2.57. The van der Waals surface area contributed by atoms with Gasteiger partial charge in [0.25, 0.3) is 0 Å². The molecule has 1 heterocycles. The molecule has 0 nitrogen and oxygen atoms in total. The van der Waals surface area contributed by atoms with Gasteiger partial charge in [-0.15, -0.1) is 0 Å². The molecule has 0 fully saturated rings. The molecule has 1 heteroatoms. The van der Waals surface area contributed by atoms with E-state index in [1.807, 2.05) is 0 Å². The zero-order valence-corrected chi connectivity index (χ0v) is 29.1. The van der Waals surface area contributed by atoms with Gasteiger partial charge in [-0.3, -0.25) is 0 Å². The Morgan fingerprint density at radius 3 is 2.06 bits per heavy atom. The van der Waals surface area contributed by atoms with Crippen molar-refractivity contribution in [3.63, 3.8) is 0 Å². The maximum Gasteiger partial charge on any atom is 0.0158 e. The van der Waals surface area contributed by atoms with Gasteiger partial charge >= 0.3 is 0 Å². The first kappa shape index (κ1) is 28.8. The molecular formula is C48H37P. The summed E-state index contributed by atoms with van der Waals surface area (Å²) in [6, 6.07) is 51.0. The van der Waals surface area contributed by atoms with E-state index in [2.05, 4.69) is 166 Å². The Kier molecular flexibility index (Phi) is 6.27. The lowest BCUT2D eigenvalue weighted by atomic mass is 9.81. The smallest absolute Gasteiger partial charge is 0.0158 e. The van der Waals surface area contributed by atoms with E-state index in [1.54, 1.807) is 10.9 Å². The summed E-state index contributed by atoms with van der Waals surface area (Å²) in [7, 11) is -0.539. The molecule has 8 aromatic rings. The van der Waals surface area contributed by atoms with Gasteiger partial charge in [0.1, 0.15) is 0 Å². The molecule has 0 radical (unpaired) electrons. The van der Waals surface area contributed by atoms with Crippen molar-refractivity contribution in [2.45, 2.75) is 39.0 Å². The van der Waals surface area contributed by atoms with E-state index < -0.39 is 7.53 Å². The molecule has 1 aromatic heterocycles. The van der Waals surface area contributed by atoms with Crippen molar-refractivity contribution in [1.29, 1.82) is 0 Å². The number of hydrogen-bond donors (Lipinski definition) is 0. The van der Waals surface area contributed by atoms with Gasteiger partial charge in [-0.25, -0.2) is 0 Å². The monoisotopic (exact) mass is 644 g/mol. The fraction of sp³-hybridized carbons (Fsp3) is 0.125. The summed E-state index contributed by atoms with van der Waals surface area (Å²) >= 11 is 0. The molecule has 0 aliphatic heterocycles. The molecule has 10 rings (SSSR count). The minimum absolute atomic E-state index is 0.00705. The third-order valence-electron chi connectivity index (χ3n) is 11.3. The van der Waals surface area contributed by atoms with Gasteiger partial charge < -0.3 is 0 Å². The van der Waals surface area contributed by atoms with E-state index in [9.17, 15) is 0 Å². The zero-order chi connectivity index (χ0) is 32.9. The lowest BCUT2D eigenvalue weighted by molar-refractivity contribution is 0.660. The fourth-order valence-electron chi connectivity index (χ4n) is 9.04. The third-order valence-corrected chi connectivity index (χ3v) is 13.9. The van der Waals surface area contributed by atoms with Crippen LogP contribution in [0, 0.1) is 6.92 Å². The van der Waals surface area contributed by atoms with Crippen molar-refractivity contribution in [3.05, 3.63) is 167 Å². The Hall–Kier alpha value is -5.16. The van der Waals surface area contributed by atoms with Crippen molar-refractivity contribution < 1.29 is 0 Å². The molecule has 0 amide bonds. The van der Waals surface area contributed by atoms with Crippen LogP contribution in [0.1, 0.15) is 47.8 Å². The Morgan fingerprint density at radius 2 is 1.22 bits per heavy atom. The van der Waals surface area contributed by atoms with Gasteiger partial charge in [0.15, 0.2) is 0 Å². The van der Waals surface area contributed by atoms with Crippen LogP contribution >= 0.6 is 7.53 Å². The maximum absolute atomic E-state index is 2.53. The van der Waals surface area contributed by atoms with Gasteiger partial charge in [-0.1, -0.05) is 154 Å². The van der Waals surface area contributed by atoms with Crippen LogP contribution in [-0.2, 0) is 11.8 Å². The largest absolute Gasteiger partial charge is 0.0833 e. The molecule has 0 saturated heterocycles. The minimum Gasteiger partial charge on any atom is -0.0833 e. The molecule has 2 aliphatic carbocycles. The van der Waals surface area contributed by atoms with Crippen LogP contribution in [0.5, 0.6) is 0 Å². The number of rotatable bonds is 3. The lowest BCUT2D eigenvalue weighted by Gasteiger charge is -2.22. The molecule has 1 unspecified atom stereocenters. The molecule has 7 aromatic carbocycles. The van der Waals surface area contributed by atoms with Crippen molar-refractivity contribution in [2.24, 2.45) is 0 Å². The third kappa shape index (κ3) is 4.17. The second-order valence-corrected chi connectivity index (χ2v) is 16.6. The second-order valence-electron chi connectivity index (χ2n) is 14.5. The Bertz CT molecular complexity index is 2680. The summed E-state index contributed by atoms with van der Waals surface area (Å²) in [5.74, 6) is 0. The van der Waals surface area contributed by atoms with Gasteiger partial charge in [-0.2, -0.15) is 0 Å². The molecule has 0 bridgehead atoms.